The molecule has 2 amide bonds. The van der Waals surface area contributed by atoms with Gasteiger partial charge in [0.25, 0.3) is 10.0 Å². The number of carbonyl (C=O) groups excluding carboxylic acids is 2. The summed E-state index contributed by atoms with van der Waals surface area (Å²) in [5.41, 5.74) is 1.40. The van der Waals surface area contributed by atoms with Gasteiger partial charge in [0.2, 0.25) is 11.8 Å². The largest absolute Gasteiger partial charge is 0.495 e. The summed E-state index contributed by atoms with van der Waals surface area (Å²) in [5.74, 6) is -0.854. The number of methoxy groups -OCH3 is 1. The number of ether oxygens (including phenoxy) is 1. The van der Waals surface area contributed by atoms with Crippen molar-refractivity contribution in [2.24, 2.45) is 0 Å². The SMILES string of the molecule is CCCNC(=O)[C@@H](Cc1ccccc1)N(Cc1ccc(Cl)cc1Cl)C(=O)CN(c1cc(Cl)ccc1OC)S(=O)(=O)c1ccccc1. The summed E-state index contributed by atoms with van der Waals surface area (Å²) in [6, 6.07) is 25.4. The summed E-state index contributed by atoms with van der Waals surface area (Å²) >= 11 is 19.0. The molecular weight excluding hydrogens is 669 g/mol. The van der Waals surface area contributed by atoms with Crippen molar-refractivity contribution >= 4 is 62.3 Å². The van der Waals surface area contributed by atoms with Gasteiger partial charge in [-0.05, 0) is 60.0 Å². The Morgan fingerprint density at radius 2 is 1.50 bits per heavy atom. The van der Waals surface area contributed by atoms with E-state index in [1.807, 2.05) is 37.3 Å². The molecule has 0 aliphatic heterocycles. The standard InChI is InChI=1S/C34H34Cl3N3O5S/c1-3-18-38-34(42)31(19-24-10-6-4-7-11-24)39(22-25-14-15-26(35)20-29(25)37)33(41)23-40(30-21-27(36)16-17-32(30)45-2)46(43,44)28-12-8-5-9-13-28/h4-17,20-21,31H,3,18-19,22-23H2,1-2H3,(H,38,42)/t31-/m1/s1. The van der Waals surface area contributed by atoms with Crippen molar-refractivity contribution in [3.05, 3.63) is 123 Å². The first kappa shape index (κ1) is 35.1. The summed E-state index contributed by atoms with van der Waals surface area (Å²) in [7, 11) is -2.94. The number of carbonyl (C=O) groups is 2. The predicted octanol–water partition coefficient (Wildman–Crippen LogP) is 7.02. The topological polar surface area (TPSA) is 96.0 Å². The minimum atomic E-state index is -4.33. The van der Waals surface area contributed by atoms with Gasteiger partial charge >= 0.3 is 0 Å². The lowest BCUT2D eigenvalue weighted by atomic mass is 10.0. The molecule has 0 bridgehead atoms. The van der Waals surface area contributed by atoms with Gasteiger partial charge in [0.1, 0.15) is 18.3 Å². The summed E-state index contributed by atoms with van der Waals surface area (Å²) in [5, 5.41) is 3.84. The van der Waals surface area contributed by atoms with Gasteiger partial charge in [-0.3, -0.25) is 13.9 Å². The van der Waals surface area contributed by atoms with Crippen molar-refractivity contribution in [2.45, 2.75) is 37.2 Å². The monoisotopic (exact) mass is 701 g/mol. The normalized spacial score (nSPS) is 11.8. The first-order chi connectivity index (χ1) is 22.0. The Balaban J connectivity index is 1.86. The molecule has 0 saturated heterocycles. The Morgan fingerprint density at radius 3 is 2.13 bits per heavy atom. The minimum absolute atomic E-state index is 0.0429. The Hall–Kier alpha value is -3.76. The Labute approximate surface area is 284 Å². The third-order valence-electron chi connectivity index (χ3n) is 7.20. The molecule has 0 aromatic heterocycles. The number of benzene rings is 4. The molecule has 242 valence electrons. The molecule has 12 heteroatoms. The van der Waals surface area contributed by atoms with E-state index in [9.17, 15) is 18.0 Å². The fourth-order valence-electron chi connectivity index (χ4n) is 4.84. The molecule has 0 spiro atoms. The van der Waals surface area contributed by atoms with E-state index >= 15 is 0 Å². The van der Waals surface area contributed by atoms with Crippen LogP contribution < -0.4 is 14.4 Å². The van der Waals surface area contributed by atoms with Crippen LogP contribution in [0.25, 0.3) is 0 Å². The molecule has 4 aromatic carbocycles. The second-order valence-electron chi connectivity index (χ2n) is 10.4. The maximum Gasteiger partial charge on any atom is 0.264 e. The predicted molar refractivity (Wildman–Crippen MR) is 183 cm³/mol. The minimum Gasteiger partial charge on any atom is -0.495 e. The van der Waals surface area contributed by atoms with Crippen LogP contribution in [0.15, 0.2) is 102 Å². The first-order valence-electron chi connectivity index (χ1n) is 14.5. The lowest BCUT2D eigenvalue weighted by molar-refractivity contribution is -0.140. The average Bonchev–Trinajstić information content (AvgIpc) is 3.05. The molecule has 4 rings (SSSR count). The van der Waals surface area contributed by atoms with Crippen molar-refractivity contribution in [3.63, 3.8) is 0 Å². The van der Waals surface area contributed by atoms with Crippen LogP contribution in [0.1, 0.15) is 24.5 Å². The van der Waals surface area contributed by atoms with Crippen LogP contribution in [0.4, 0.5) is 5.69 Å². The second-order valence-corrected chi connectivity index (χ2v) is 13.5. The summed E-state index contributed by atoms with van der Waals surface area (Å²) in [6.45, 7) is 1.54. The first-order valence-corrected chi connectivity index (χ1v) is 17.1. The number of nitrogens with zero attached hydrogens (tertiary/aromatic N) is 2. The van der Waals surface area contributed by atoms with Crippen LogP contribution in [0.3, 0.4) is 0 Å². The Kier molecular flexibility index (Phi) is 12.3. The van der Waals surface area contributed by atoms with Gasteiger partial charge in [0, 0.05) is 34.6 Å². The van der Waals surface area contributed by atoms with Crippen molar-refractivity contribution in [3.8, 4) is 5.75 Å². The molecule has 0 aliphatic carbocycles. The molecule has 0 unspecified atom stereocenters. The number of rotatable bonds is 14. The molecule has 46 heavy (non-hydrogen) atoms. The quantitative estimate of drug-likeness (QED) is 0.153. The second kappa shape index (κ2) is 16.2. The lowest BCUT2D eigenvalue weighted by Gasteiger charge is -2.34. The maximum atomic E-state index is 14.6. The van der Waals surface area contributed by atoms with E-state index in [4.69, 9.17) is 39.5 Å². The zero-order valence-electron chi connectivity index (χ0n) is 25.3. The van der Waals surface area contributed by atoms with Crippen LogP contribution in [-0.4, -0.2) is 51.4 Å². The van der Waals surface area contributed by atoms with Crippen molar-refractivity contribution in [1.82, 2.24) is 10.2 Å². The van der Waals surface area contributed by atoms with Crippen molar-refractivity contribution in [2.75, 3.05) is 24.5 Å². The third-order valence-corrected chi connectivity index (χ3v) is 9.79. The van der Waals surface area contributed by atoms with Crippen LogP contribution >= 0.6 is 34.8 Å². The van der Waals surface area contributed by atoms with Gasteiger partial charge in [0.15, 0.2) is 0 Å². The molecule has 0 radical (unpaired) electrons. The van der Waals surface area contributed by atoms with Gasteiger partial charge in [-0.15, -0.1) is 0 Å². The van der Waals surface area contributed by atoms with E-state index in [1.165, 1.54) is 36.3 Å². The Morgan fingerprint density at radius 1 is 0.870 bits per heavy atom. The highest BCUT2D eigenvalue weighted by atomic mass is 35.5. The molecule has 1 N–H and O–H groups in total. The molecular formula is C34H34Cl3N3O5S. The van der Waals surface area contributed by atoms with Crippen LogP contribution in [0, 0.1) is 0 Å². The average molecular weight is 703 g/mol. The number of sulfonamides is 1. The smallest absolute Gasteiger partial charge is 0.264 e. The van der Waals surface area contributed by atoms with E-state index < -0.39 is 28.5 Å². The lowest BCUT2D eigenvalue weighted by Crippen LogP contribution is -2.53. The fraction of sp³-hybridized carbons (Fsp3) is 0.235. The number of anilines is 1. The van der Waals surface area contributed by atoms with Crippen LogP contribution in [0.5, 0.6) is 5.75 Å². The van der Waals surface area contributed by atoms with Gasteiger partial charge < -0.3 is 15.0 Å². The van der Waals surface area contributed by atoms with E-state index in [2.05, 4.69) is 5.32 Å². The highest BCUT2D eigenvalue weighted by Gasteiger charge is 2.35. The van der Waals surface area contributed by atoms with Gasteiger partial charge in [-0.2, -0.15) is 0 Å². The number of hydrogen-bond acceptors (Lipinski definition) is 5. The zero-order chi connectivity index (χ0) is 33.3. The third kappa shape index (κ3) is 8.73. The summed E-state index contributed by atoms with van der Waals surface area (Å²) in [6.07, 6.45) is 0.845. The number of hydrogen-bond donors (Lipinski definition) is 1. The van der Waals surface area contributed by atoms with E-state index in [0.717, 1.165) is 9.87 Å². The van der Waals surface area contributed by atoms with E-state index in [0.29, 0.717) is 28.6 Å². The van der Waals surface area contributed by atoms with E-state index in [-0.39, 0.29) is 40.2 Å². The highest BCUT2D eigenvalue weighted by Crippen LogP contribution is 2.35. The summed E-state index contributed by atoms with van der Waals surface area (Å²) < 4.78 is 34.9. The summed E-state index contributed by atoms with van der Waals surface area (Å²) in [4.78, 5) is 29.7. The highest BCUT2D eigenvalue weighted by molar-refractivity contribution is 7.92. The molecule has 8 nitrogen and oxygen atoms in total. The maximum absolute atomic E-state index is 14.6. The zero-order valence-corrected chi connectivity index (χ0v) is 28.4. The molecule has 4 aromatic rings. The Bertz CT molecular complexity index is 1760. The number of halogens is 3. The fourth-order valence-corrected chi connectivity index (χ4v) is 6.92. The van der Waals surface area contributed by atoms with Crippen LogP contribution in [0.2, 0.25) is 15.1 Å². The molecule has 0 aliphatic rings. The van der Waals surface area contributed by atoms with Crippen molar-refractivity contribution in [1.29, 1.82) is 0 Å². The number of amides is 2. The van der Waals surface area contributed by atoms with Gasteiger partial charge in [-0.25, -0.2) is 8.42 Å². The molecule has 0 heterocycles. The van der Waals surface area contributed by atoms with Gasteiger partial charge in [-0.1, -0.05) is 96.3 Å². The molecule has 0 fully saturated rings. The van der Waals surface area contributed by atoms with Crippen molar-refractivity contribution < 1.29 is 22.7 Å². The van der Waals surface area contributed by atoms with Gasteiger partial charge in [0.05, 0.1) is 17.7 Å². The number of nitrogens with one attached hydrogen (secondary N) is 1. The molecule has 1 atom stereocenters. The molecule has 0 saturated carbocycles. The van der Waals surface area contributed by atoms with Crippen LogP contribution in [-0.2, 0) is 32.6 Å². The van der Waals surface area contributed by atoms with E-state index in [1.54, 1.807) is 42.5 Å².